The molecule has 3 aliphatic carbocycles. The molecule has 24 heavy (non-hydrogen) atoms. The van der Waals surface area contributed by atoms with Crippen molar-refractivity contribution >= 4 is 5.69 Å². The lowest BCUT2D eigenvalue weighted by molar-refractivity contribution is 0.283. The lowest BCUT2D eigenvalue weighted by Crippen LogP contribution is -2.25. The van der Waals surface area contributed by atoms with E-state index in [2.05, 4.69) is 43.4 Å². The second-order valence-corrected chi connectivity index (χ2v) is 9.22. The van der Waals surface area contributed by atoms with Gasteiger partial charge in [0, 0.05) is 11.7 Å². The molecule has 3 fully saturated rings. The molecule has 1 aromatic rings. The molecule has 3 aliphatic rings. The van der Waals surface area contributed by atoms with Crippen molar-refractivity contribution in [1.82, 2.24) is 0 Å². The highest BCUT2D eigenvalue weighted by molar-refractivity contribution is 5.46. The molecule has 3 saturated carbocycles. The van der Waals surface area contributed by atoms with Gasteiger partial charge in [-0.2, -0.15) is 0 Å². The standard InChI is InChI=1S/C23H35N/c1-16-6-10-21(11-7-16)24-22-12-8-18(9-13-22)19-4-3-5-20(15-19)23-14-17(23)2/h8-9,12-13,16-17,19-21,23-24H,3-7,10-11,14-15H2,1-2H3. The van der Waals surface area contributed by atoms with Crippen molar-refractivity contribution in [3.63, 3.8) is 0 Å². The number of hydrogen-bond acceptors (Lipinski definition) is 1. The van der Waals surface area contributed by atoms with E-state index in [1.165, 1.54) is 63.5 Å². The van der Waals surface area contributed by atoms with E-state index in [-0.39, 0.29) is 0 Å². The maximum absolute atomic E-state index is 3.77. The van der Waals surface area contributed by atoms with Gasteiger partial charge in [-0.15, -0.1) is 0 Å². The van der Waals surface area contributed by atoms with Gasteiger partial charge in [-0.1, -0.05) is 38.8 Å². The Morgan fingerprint density at radius 1 is 0.833 bits per heavy atom. The second kappa shape index (κ2) is 7.10. The van der Waals surface area contributed by atoms with Gasteiger partial charge in [0.25, 0.3) is 0 Å². The van der Waals surface area contributed by atoms with Gasteiger partial charge in [-0.3, -0.25) is 0 Å². The van der Waals surface area contributed by atoms with Crippen molar-refractivity contribution in [2.24, 2.45) is 23.7 Å². The van der Waals surface area contributed by atoms with Crippen LogP contribution in [0.5, 0.6) is 0 Å². The van der Waals surface area contributed by atoms with Crippen LogP contribution in [0.25, 0.3) is 0 Å². The number of hydrogen-bond donors (Lipinski definition) is 1. The molecule has 0 aliphatic heterocycles. The molecule has 0 saturated heterocycles. The first-order valence-electron chi connectivity index (χ1n) is 10.6. The lowest BCUT2D eigenvalue weighted by Gasteiger charge is -2.30. The third kappa shape index (κ3) is 3.81. The van der Waals surface area contributed by atoms with Crippen molar-refractivity contribution in [2.45, 2.75) is 83.6 Å². The molecule has 4 unspecified atom stereocenters. The second-order valence-electron chi connectivity index (χ2n) is 9.22. The number of rotatable bonds is 4. The third-order valence-electron chi connectivity index (χ3n) is 7.26. The summed E-state index contributed by atoms with van der Waals surface area (Å²) < 4.78 is 0. The fourth-order valence-electron chi connectivity index (χ4n) is 5.42. The quantitative estimate of drug-likeness (QED) is 0.657. The van der Waals surface area contributed by atoms with Gasteiger partial charge in [0.1, 0.15) is 0 Å². The first kappa shape index (κ1) is 16.5. The molecule has 1 heteroatoms. The van der Waals surface area contributed by atoms with Gasteiger partial charge < -0.3 is 5.32 Å². The van der Waals surface area contributed by atoms with Crippen molar-refractivity contribution in [3.8, 4) is 0 Å². The van der Waals surface area contributed by atoms with E-state index in [1.54, 1.807) is 5.56 Å². The minimum absolute atomic E-state index is 0.697. The molecule has 1 aromatic carbocycles. The fourth-order valence-corrected chi connectivity index (χ4v) is 5.42. The molecular weight excluding hydrogens is 290 g/mol. The Hall–Kier alpha value is -0.980. The Balaban J connectivity index is 1.33. The molecule has 4 rings (SSSR count). The van der Waals surface area contributed by atoms with Crippen LogP contribution in [0.1, 0.15) is 83.1 Å². The smallest absolute Gasteiger partial charge is 0.0342 e. The van der Waals surface area contributed by atoms with E-state index in [1.807, 2.05) is 0 Å². The molecule has 0 aromatic heterocycles. The average molecular weight is 326 g/mol. The predicted molar refractivity (Wildman–Crippen MR) is 103 cm³/mol. The Bertz CT molecular complexity index is 525. The zero-order valence-electron chi connectivity index (χ0n) is 15.6. The molecule has 132 valence electrons. The number of nitrogens with one attached hydrogen (secondary N) is 1. The lowest BCUT2D eigenvalue weighted by atomic mass is 9.76. The summed E-state index contributed by atoms with van der Waals surface area (Å²) in [6, 6.07) is 10.2. The topological polar surface area (TPSA) is 12.0 Å². The summed E-state index contributed by atoms with van der Waals surface area (Å²) >= 11 is 0. The Morgan fingerprint density at radius 3 is 2.21 bits per heavy atom. The molecule has 1 nitrogen and oxygen atoms in total. The molecule has 4 atom stereocenters. The summed E-state index contributed by atoms with van der Waals surface area (Å²) in [5.41, 5.74) is 2.93. The first-order chi connectivity index (χ1) is 11.7. The molecule has 0 spiro atoms. The highest BCUT2D eigenvalue weighted by Gasteiger charge is 2.41. The summed E-state index contributed by atoms with van der Waals surface area (Å²) in [6.07, 6.45) is 12.7. The summed E-state index contributed by atoms with van der Waals surface area (Å²) in [5, 5.41) is 3.77. The van der Waals surface area contributed by atoms with E-state index in [0.717, 1.165) is 29.6 Å². The van der Waals surface area contributed by atoms with Gasteiger partial charge in [-0.25, -0.2) is 0 Å². The number of benzene rings is 1. The van der Waals surface area contributed by atoms with Crippen LogP contribution in [0, 0.1) is 23.7 Å². The minimum Gasteiger partial charge on any atom is -0.382 e. The zero-order chi connectivity index (χ0) is 16.5. The van der Waals surface area contributed by atoms with Crippen LogP contribution in [0.4, 0.5) is 5.69 Å². The third-order valence-corrected chi connectivity index (χ3v) is 7.26. The minimum atomic E-state index is 0.697. The Labute approximate surface area is 148 Å². The van der Waals surface area contributed by atoms with Gasteiger partial charge >= 0.3 is 0 Å². The average Bonchev–Trinajstić information content (AvgIpc) is 3.35. The maximum Gasteiger partial charge on any atom is 0.0342 e. The van der Waals surface area contributed by atoms with Gasteiger partial charge in [0.15, 0.2) is 0 Å². The van der Waals surface area contributed by atoms with E-state index in [9.17, 15) is 0 Å². The Kier molecular flexibility index (Phi) is 4.88. The van der Waals surface area contributed by atoms with Crippen LogP contribution in [0.2, 0.25) is 0 Å². The van der Waals surface area contributed by atoms with Crippen LogP contribution in [-0.4, -0.2) is 6.04 Å². The van der Waals surface area contributed by atoms with Gasteiger partial charge in [0.2, 0.25) is 0 Å². The normalized spacial score (nSPS) is 39.4. The SMILES string of the molecule is CC1CCC(Nc2ccc(C3CCCC(C4CC4C)C3)cc2)CC1. The molecule has 0 radical (unpaired) electrons. The van der Waals surface area contributed by atoms with Crippen LogP contribution < -0.4 is 5.32 Å². The van der Waals surface area contributed by atoms with Crippen molar-refractivity contribution in [3.05, 3.63) is 29.8 Å². The summed E-state index contributed by atoms with van der Waals surface area (Å²) in [7, 11) is 0. The predicted octanol–water partition coefficient (Wildman–Crippen LogP) is 6.61. The zero-order valence-corrected chi connectivity index (χ0v) is 15.6. The molecular formula is C23H35N. The highest BCUT2D eigenvalue weighted by Crippen LogP contribution is 2.51. The monoisotopic (exact) mass is 325 g/mol. The molecule has 0 heterocycles. The van der Waals surface area contributed by atoms with Crippen molar-refractivity contribution < 1.29 is 0 Å². The van der Waals surface area contributed by atoms with Crippen LogP contribution >= 0.6 is 0 Å². The van der Waals surface area contributed by atoms with Gasteiger partial charge in [0.05, 0.1) is 0 Å². The van der Waals surface area contributed by atoms with E-state index in [4.69, 9.17) is 0 Å². The molecule has 0 bridgehead atoms. The van der Waals surface area contributed by atoms with E-state index >= 15 is 0 Å². The summed E-state index contributed by atoms with van der Waals surface area (Å²) in [6.45, 7) is 4.84. The van der Waals surface area contributed by atoms with Crippen LogP contribution in [-0.2, 0) is 0 Å². The van der Waals surface area contributed by atoms with E-state index < -0.39 is 0 Å². The highest BCUT2D eigenvalue weighted by atomic mass is 14.9. The molecule has 0 amide bonds. The van der Waals surface area contributed by atoms with Gasteiger partial charge in [-0.05, 0) is 92.2 Å². The van der Waals surface area contributed by atoms with Crippen molar-refractivity contribution in [1.29, 1.82) is 0 Å². The largest absolute Gasteiger partial charge is 0.382 e. The fraction of sp³-hybridized carbons (Fsp3) is 0.739. The summed E-state index contributed by atoms with van der Waals surface area (Å²) in [5.74, 6) is 4.83. The van der Waals surface area contributed by atoms with Crippen LogP contribution in [0.15, 0.2) is 24.3 Å². The first-order valence-corrected chi connectivity index (χ1v) is 10.6. The van der Waals surface area contributed by atoms with Crippen LogP contribution in [0.3, 0.4) is 0 Å². The van der Waals surface area contributed by atoms with E-state index in [0.29, 0.717) is 6.04 Å². The number of anilines is 1. The molecule has 1 N–H and O–H groups in total. The Morgan fingerprint density at radius 2 is 1.54 bits per heavy atom. The van der Waals surface area contributed by atoms with Crippen molar-refractivity contribution in [2.75, 3.05) is 5.32 Å². The summed E-state index contributed by atoms with van der Waals surface area (Å²) in [4.78, 5) is 0. The maximum atomic E-state index is 3.77.